The molecule has 1 aliphatic rings. The maximum atomic E-state index is 13.7. The molecule has 0 aromatic heterocycles. The van der Waals surface area contributed by atoms with Gasteiger partial charge < -0.3 is 10.6 Å². The molecule has 1 saturated heterocycles. The summed E-state index contributed by atoms with van der Waals surface area (Å²) in [5.41, 5.74) is -1.36. The average molecular weight is 343 g/mol. The molecule has 1 fully saturated rings. The van der Waals surface area contributed by atoms with Crippen molar-refractivity contribution in [3.8, 4) is 0 Å². The molecule has 7 heteroatoms. The number of nitrogens with one attached hydrogen (secondary N) is 2. The standard InChI is InChI=1S/C17H24F3N3O/c1-21-9-5-10-22-15(24)16(17(18,19)20)8-11-23(13-16)12-14-6-3-2-4-7-14/h2-4,6-7,21H,5,8-13H2,1H3,(H,22,24). The predicted octanol–water partition coefficient (Wildman–Crippen LogP) is 2.17. The number of benzene rings is 1. The molecule has 1 aromatic rings. The number of hydrogen-bond donors (Lipinski definition) is 2. The van der Waals surface area contributed by atoms with Gasteiger partial charge in [-0.05, 0) is 38.5 Å². The minimum absolute atomic E-state index is 0.193. The fraction of sp³-hybridized carbons (Fsp3) is 0.588. The van der Waals surface area contributed by atoms with Crippen LogP contribution >= 0.6 is 0 Å². The molecule has 1 aromatic carbocycles. The minimum atomic E-state index is -4.55. The van der Waals surface area contributed by atoms with Crippen molar-refractivity contribution in [2.45, 2.75) is 25.6 Å². The SMILES string of the molecule is CNCCCNC(=O)C1(C(F)(F)F)CCN(Cc2ccccc2)C1. The molecule has 0 bridgehead atoms. The predicted molar refractivity (Wildman–Crippen MR) is 86.4 cm³/mol. The van der Waals surface area contributed by atoms with E-state index in [0.717, 1.165) is 5.56 Å². The van der Waals surface area contributed by atoms with E-state index in [0.29, 0.717) is 19.5 Å². The normalized spacial score (nSPS) is 21.8. The van der Waals surface area contributed by atoms with E-state index >= 15 is 0 Å². The van der Waals surface area contributed by atoms with Crippen LogP contribution in [0.2, 0.25) is 0 Å². The van der Waals surface area contributed by atoms with Crippen molar-refractivity contribution in [2.75, 3.05) is 33.2 Å². The van der Waals surface area contributed by atoms with E-state index in [4.69, 9.17) is 0 Å². The van der Waals surface area contributed by atoms with E-state index in [1.54, 1.807) is 11.9 Å². The second-order valence-corrected chi connectivity index (χ2v) is 6.24. The first-order valence-corrected chi connectivity index (χ1v) is 8.15. The van der Waals surface area contributed by atoms with E-state index in [2.05, 4.69) is 10.6 Å². The number of rotatable bonds is 7. The molecule has 1 aliphatic heterocycles. The zero-order valence-electron chi connectivity index (χ0n) is 13.8. The molecule has 0 saturated carbocycles. The van der Waals surface area contributed by atoms with Crippen molar-refractivity contribution >= 4 is 5.91 Å². The third kappa shape index (κ3) is 4.27. The van der Waals surface area contributed by atoms with Crippen molar-refractivity contribution in [3.63, 3.8) is 0 Å². The van der Waals surface area contributed by atoms with Gasteiger partial charge in [-0.2, -0.15) is 13.2 Å². The first kappa shape index (κ1) is 18.7. The van der Waals surface area contributed by atoms with E-state index < -0.39 is 17.5 Å². The van der Waals surface area contributed by atoms with Crippen LogP contribution in [-0.2, 0) is 11.3 Å². The lowest BCUT2D eigenvalue weighted by atomic mass is 9.85. The van der Waals surface area contributed by atoms with Crippen LogP contribution in [-0.4, -0.2) is 50.2 Å². The topological polar surface area (TPSA) is 44.4 Å². The molecular weight excluding hydrogens is 319 g/mol. The van der Waals surface area contributed by atoms with Gasteiger partial charge >= 0.3 is 6.18 Å². The molecule has 24 heavy (non-hydrogen) atoms. The highest BCUT2D eigenvalue weighted by Gasteiger charge is 2.62. The number of hydrogen-bond acceptors (Lipinski definition) is 3. The lowest BCUT2D eigenvalue weighted by molar-refractivity contribution is -0.218. The van der Waals surface area contributed by atoms with Crippen LogP contribution in [0.1, 0.15) is 18.4 Å². The Morgan fingerprint density at radius 3 is 2.58 bits per heavy atom. The molecule has 1 unspecified atom stereocenters. The van der Waals surface area contributed by atoms with Crippen LogP contribution in [0.3, 0.4) is 0 Å². The van der Waals surface area contributed by atoms with Crippen molar-refractivity contribution in [2.24, 2.45) is 5.41 Å². The number of amides is 1. The molecule has 1 heterocycles. The third-order valence-electron chi connectivity index (χ3n) is 4.46. The molecule has 1 amide bonds. The lowest BCUT2D eigenvalue weighted by Crippen LogP contribution is -2.52. The number of alkyl halides is 3. The number of likely N-dealkylation sites (tertiary alicyclic amines) is 1. The molecule has 0 aliphatic carbocycles. The first-order valence-electron chi connectivity index (χ1n) is 8.15. The molecule has 134 valence electrons. The maximum absolute atomic E-state index is 13.7. The Labute approximate surface area is 140 Å². The largest absolute Gasteiger partial charge is 0.404 e. The molecule has 2 rings (SSSR count). The maximum Gasteiger partial charge on any atom is 0.404 e. The third-order valence-corrected chi connectivity index (χ3v) is 4.46. The van der Waals surface area contributed by atoms with Crippen molar-refractivity contribution in [3.05, 3.63) is 35.9 Å². The van der Waals surface area contributed by atoms with Crippen LogP contribution in [0.5, 0.6) is 0 Å². The smallest absolute Gasteiger partial charge is 0.355 e. The Balaban J connectivity index is 2.03. The fourth-order valence-corrected chi connectivity index (χ4v) is 3.05. The highest BCUT2D eigenvalue weighted by molar-refractivity contribution is 5.84. The van der Waals surface area contributed by atoms with Crippen LogP contribution in [0.25, 0.3) is 0 Å². The van der Waals surface area contributed by atoms with Crippen LogP contribution in [0.4, 0.5) is 13.2 Å². The minimum Gasteiger partial charge on any atom is -0.355 e. The van der Waals surface area contributed by atoms with Gasteiger partial charge in [0.1, 0.15) is 0 Å². The Morgan fingerprint density at radius 2 is 1.96 bits per heavy atom. The summed E-state index contributed by atoms with van der Waals surface area (Å²) in [5, 5.41) is 5.37. The summed E-state index contributed by atoms with van der Waals surface area (Å²) in [6.45, 7) is 1.29. The lowest BCUT2D eigenvalue weighted by Gasteiger charge is -2.30. The number of carbonyl (C=O) groups is 1. The summed E-state index contributed by atoms with van der Waals surface area (Å²) in [6.07, 6.45) is -4.14. The van der Waals surface area contributed by atoms with E-state index in [1.807, 2.05) is 30.3 Å². The Bertz CT molecular complexity index is 536. The van der Waals surface area contributed by atoms with Gasteiger partial charge in [-0.25, -0.2) is 0 Å². The van der Waals surface area contributed by atoms with Gasteiger partial charge in [0.2, 0.25) is 5.91 Å². The second-order valence-electron chi connectivity index (χ2n) is 6.24. The van der Waals surface area contributed by atoms with Crippen LogP contribution in [0, 0.1) is 5.41 Å². The van der Waals surface area contributed by atoms with E-state index in [1.165, 1.54) is 0 Å². The summed E-state index contributed by atoms with van der Waals surface area (Å²) in [7, 11) is 1.76. The Morgan fingerprint density at radius 1 is 1.25 bits per heavy atom. The quantitative estimate of drug-likeness (QED) is 0.746. The van der Waals surface area contributed by atoms with Gasteiger partial charge in [0.15, 0.2) is 5.41 Å². The van der Waals surface area contributed by atoms with Gasteiger partial charge in [0, 0.05) is 19.6 Å². The highest BCUT2D eigenvalue weighted by atomic mass is 19.4. The summed E-state index contributed by atoms with van der Waals surface area (Å²) in [5.74, 6) is -0.901. The molecule has 1 atom stereocenters. The molecule has 4 nitrogen and oxygen atoms in total. The second kappa shape index (κ2) is 7.98. The molecule has 2 N–H and O–H groups in total. The summed E-state index contributed by atoms with van der Waals surface area (Å²) in [4.78, 5) is 14.0. The number of nitrogens with zero attached hydrogens (tertiary/aromatic N) is 1. The molecule has 0 radical (unpaired) electrons. The van der Waals surface area contributed by atoms with Crippen molar-refractivity contribution in [1.82, 2.24) is 15.5 Å². The Hall–Kier alpha value is -1.60. The fourth-order valence-electron chi connectivity index (χ4n) is 3.05. The van der Waals surface area contributed by atoms with Gasteiger partial charge in [-0.1, -0.05) is 30.3 Å². The van der Waals surface area contributed by atoms with Crippen molar-refractivity contribution < 1.29 is 18.0 Å². The average Bonchev–Trinajstić information content (AvgIpc) is 2.97. The Kier molecular flexibility index (Phi) is 6.23. The highest BCUT2D eigenvalue weighted by Crippen LogP contribution is 2.46. The first-order chi connectivity index (χ1) is 11.4. The van der Waals surface area contributed by atoms with Gasteiger partial charge in [0.25, 0.3) is 0 Å². The molecular formula is C17H24F3N3O. The van der Waals surface area contributed by atoms with E-state index in [9.17, 15) is 18.0 Å². The zero-order valence-corrected chi connectivity index (χ0v) is 13.8. The van der Waals surface area contributed by atoms with Crippen molar-refractivity contribution in [1.29, 1.82) is 0 Å². The van der Waals surface area contributed by atoms with Crippen LogP contribution in [0.15, 0.2) is 30.3 Å². The van der Waals surface area contributed by atoms with E-state index in [-0.39, 0.29) is 26.1 Å². The summed E-state index contributed by atoms with van der Waals surface area (Å²) in [6, 6.07) is 9.34. The van der Waals surface area contributed by atoms with Crippen LogP contribution < -0.4 is 10.6 Å². The van der Waals surface area contributed by atoms with Gasteiger partial charge in [-0.15, -0.1) is 0 Å². The number of halogens is 3. The van der Waals surface area contributed by atoms with Gasteiger partial charge in [-0.3, -0.25) is 9.69 Å². The zero-order chi connectivity index (χ0) is 17.6. The monoisotopic (exact) mass is 343 g/mol. The summed E-state index contributed by atoms with van der Waals surface area (Å²) >= 11 is 0. The molecule has 0 spiro atoms. The summed E-state index contributed by atoms with van der Waals surface area (Å²) < 4.78 is 41.0. The number of carbonyl (C=O) groups excluding carboxylic acids is 1. The van der Waals surface area contributed by atoms with Gasteiger partial charge in [0.05, 0.1) is 0 Å².